The Labute approximate surface area is 134 Å². The monoisotopic (exact) mass is 315 g/mol. The molecular weight excluding hydrogens is 294 g/mol. The Balaban J connectivity index is 1.60. The van der Waals surface area contributed by atoms with Crippen molar-refractivity contribution in [3.8, 4) is 11.3 Å². The van der Waals surface area contributed by atoms with E-state index in [-0.39, 0.29) is 0 Å². The van der Waals surface area contributed by atoms with Gasteiger partial charge in [-0.05, 0) is 13.5 Å². The number of nitrogens with two attached hydrogens (primary N) is 1. The van der Waals surface area contributed by atoms with E-state index in [2.05, 4.69) is 25.3 Å². The van der Waals surface area contributed by atoms with Crippen molar-refractivity contribution in [2.24, 2.45) is 0 Å². The molecule has 1 atom stereocenters. The van der Waals surface area contributed by atoms with Crippen LogP contribution in [0, 0.1) is 0 Å². The number of anilines is 2. The zero-order chi connectivity index (χ0) is 15.8. The van der Waals surface area contributed by atoms with Crippen LogP contribution in [0.4, 0.5) is 11.8 Å². The van der Waals surface area contributed by atoms with E-state index in [4.69, 9.17) is 10.5 Å². The number of hydrogen-bond donors (Lipinski definition) is 2. The van der Waals surface area contributed by atoms with Crippen molar-refractivity contribution < 1.29 is 4.74 Å². The molecule has 8 nitrogen and oxygen atoms in total. The van der Waals surface area contributed by atoms with Crippen LogP contribution in [0.15, 0.2) is 18.5 Å². The summed E-state index contributed by atoms with van der Waals surface area (Å²) in [7, 11) is 1.99. The molecule has 0 radical (unpaired) electrons. The van der Waals surface area contributed by atoms with E-state index in [9.17, 15) is 0 Å². The fraction of sp³-hybridized carbons (Fsp3) is 0.533. The maximum absolute atomic E-state index is 5.92. The summed E-state index contributed by atoms with van der Waals surface area (Å²) < 4.78 is 7.15. The van der Waals surface area contributed by atoms with E-state index < -0.39 is 0 Å². The van der Waals surface area contributed by atoms with Crippen molar-refractivity contribution in [1.82, 2.24) is 25.1 Å². The third kappa shape index (κ3) is 2.75. The van der Waals surface area contributed by atoms with E-state index in [1.165, 1.54) is 0 Å². The molecule has 0 aliphatic carbocycles. The second-order valence-electron chi connectivity index (χ2n) is 6.09. The van der Waals surface area contributed by atoms with Crippen molar-refractivity contribution in [2.45, 2.75) is 18.5 Å². The van der Waals surface area contributed by atoms with Crippen LogP contribution in [0.3, 0.4) is 0 Å². The molecule has 122 valence electrons. The average Bonchev–Trinajstić information content (AvgIpc) is 3.14. The van der Waals surface area contributed by atoms with Crippen LogP contribution in [-0.4, -0.2) is 59.1 Å². The van der Waals surface area contributed by atoms with Gasteiger partial charge in [0.1, 0.15) is 5.82 Å². The van der Waals surface area contributed by atoms with Gasteiger partial charge in [-0.3, -0.25) is 4.68 Å². The zero-order valence-electron chi connectivity index (χ0n) is 13.1. The van der Waals surface area contributed by atoms with Crippen LogP contribution in [0.5, 0.6) is 0 Å². The highest BCUT2D eigenvalue weighted by Gasteiger charge is 2.24. The van der Waals surface area contributed by atoms with Gasteiger partial charge < -0.3 is 20.7 Å². The molecule has 0 bridgehead atoms. The molecule has 2 aliphatic heterocycles. The summed E-state index contributed by atoms with van der Waals surface area (Å²) in [4.78, 5) is 11.0. The minimum Gasteiger partial charge on any atom is -0.377 e. The SMILES string of the molecule is CN[C@@H]1CCN(c2cc(-c3cnn(C4COC4)c3)nc(N)n2)C1. The number of aromatic nitrogens is 4. The largest absolute Gasteiger partial charge is 0.377 e. The second kappa shape index (κ2) is 5.78. The lowest BCUT2D eigenvalue weighted by molar-refractivity contribution is -0.0286. The Morgan fingerprint density at radius 2 is 2.22 bits per heavy atom. The molecule has 2 fully saturated rings. The van der Waals surface area contributed by atoms with Crippen LogP contribution in [0.1, 0.15) is 12.5 Å². The Kier molecular flexibility index (Phi) is 3.62. The van der Waals surface area contributed by atoms with Crippen LogP contribution < -0.4 is 16.0 Å². The maximum atomic E-state index is 5.92. The number of nitrogens with one attached hydrogen (secondary N) is 1. The quantitative estimate of drug-likeness (QED) is 0.837. The van der Waals surface area contributed by atoms with E-state index >= 15 is 0 Å². The summed E-state index contributed by atoms with van der Waals surface area (Å²) in [6.07, 6.45) is 4.93. The molecule has 2 aromatic rings. The van der Waals surface area contributed by atoms with Gasteiger partial charge in [-0.25, -0.2) is 4.98 Å². The maximum Gasteiger partial charge on any atom is 0.222 e. The summed E-state index contributed by atoms with van der Waals surface area (Å²) in [6, 6.07) is 2.82. The molecule has 4 heterocycles. The van der Waals surface area contributed by atoms with Gasteiger partial charge in [0.15, 0.2) is 0 Å². The van der Waals surface area contributed by atoms with Crippen molar-refractivity contribution in [1.29, 1.82) is 0 Å². The van der Waals surface area contributed by atoms with Crippen molar-refractivity contribution in [3.63, 3.8) is 0 Å². The Hall–Kier alpha value is -2.19. The molecule has 2 aliphatic rings. The van der Waals surface area contributed by atoms with E-state index in [0.29, 0.717) is 18.0 Å². The smallest absolute Gasteiger partial charge is 0.222 e. The van der Waals surface area contributed by atoms with Crippen molar-refractivity contribution in [3.05, 3.63) is 18.5 Å². The lowest BCUT2D eigenvalue weighted by Crippen LogP contribution is -2.30. The molecule has 0 amide bonds. The average molecular weight is 315 g/mol. The summed E-state index contributed by atoms with van der Waals surface area (Å²) in [5, 5.41) is 7.72. The van der Waals surface area contributed by atoms with E-state index in [1.807, 2.05) is 30.2 Å². The van der Waals surface area contributed by atoms with Gasteiger partial charge in [-0.2, -0.15) is 10.1 Å². The fourth-order valence-electron chi connectivity index (χ4n) is 3.01. The standard InChI is InChI=1S/C15H21N7O/c1-17-11-2-3-21(7-11)14-4-13(19-15(16)20-14)10-5-18-22(6-10)12-8-23-9-12/h4-6,11-12,17H,2-3,7-9H2,1H3,(H2,16,19,20)/t11-/m1/s1. The summed E-state index contributed by atoms with van der Waals surface area (Å²) >= 11 is 0. The van der Waals surface area contributed by atoms with Gasteiger partial charge in [0, 0.05) is 37.0 Å². The molecular formula is C15H21N7O. The Bertz CT molecular complexity index is 697. The van der Waals surface area contributed by atoms with Crippen molar-refractivity contribution >= 4 is 11.8 Å². The molecule has 0 spiro atoms. The lowest BCUT2D eigenvalue weighted by Gasteiger charge is -2.25. The summed E-state index contributed by atoms with van der Waals surface area (Å²) in [5.41, 5.74) is 7.69. The van der Waals surface area contributed by atoms with Gasteiger partial charge in [-0.15, -0.1) is 0 Å². The molecule has 2 saturated heterocycles. The first-order chi connectivity index (χ1) is 11.2. The molecule has 8 heteroatoms. The predicted molar refractivity (Wildman–Crippen MR) is 87.2 cm³/mol. The summed E-state index contributed by atoms with van der Waals surface area (Å²) in [5.74, 6) is 1.18. The minimum absolute atomic E-state index is 0.296. The highest BCUT2D eigenvalue weighted by molar-refractivity contribution is 5.63. The molecule has 4 rings (SSSR count). The predicted octanol–water partition coefficient (Wildman–Crippen LogP) is 0.292. The summed E-state index contributed by atoms with van der Waals surface area (Å²) in [6.45, 7) is 3.35. The Morgan fingerprint density at radius 1 is 1.35 bits per heavy atom. The number of nitrogens with zero attached hydrogens (tertiary/aromatic N) is 5. The van der Waals surface area contributed by atoms with E-state index in [0.717, 1.165) is 49.8 Å². The van der Waals surface area contributed by atoms with Crippen molar-refractivity contribution in [2.75, 3.05) is 44.0 Å². The number of likely N-dealkylation sites (N-methyl/N-ethyl adjacent to an activating group) is 1. The van der Waals surface area contributed by atoms with Gasteiger partial charge >= 0.3 is 0 Å². The van der Waals surface area contributed by atoms with Crippen LogP contribution >= 0.6 is 0 Å². The minimum atomic E-state index is 0.296. The first-order valence-electron chi connectivity index (χ1n) is 7.92. The van der Waals surface area contributed by atoms with E-state index in [1.54, 1.807) is 0 Å². The lowest BCUT2D eigenvalue weighted by atomic mass is 10.2. The van der Waals surface area contributed by atoms with Gasteiger partial charge in [0.05, 0.1) is 31.1 Å². The van der Waals surface area contributed by atoms with Gasteiger partial charge in [0.25, 0.3) is 0 Å². The molecule has 0 aromatic carbocycles. The Morgan fingerprint density at radius 3 is 2.91 bits per heavy atom. The van der Waals surface area contributed by atoms with Crippen LogP contribution in [-0.2, 0) is 4.74 Å². The van der Waals surface area contributed by atoms with Crippen LogP contribution in [0.25, 0.3) is 11.3 Å². The zero-order valence-corrected chi connectivity index (χ0v) is 13.1. The fourth-order valence-corrected chi connectivity index (χ4v) is 3.01. The second-order valence-corrected chi connectivity index (χ2v) is 6.09. The first kappa shape index (κ1) is 14.4. The number of nitrogen functional groups attached to an aromatic ring is 1. The van der Waals surface area contributed by atoms with Gasteiger partial charge in [-0.1, -0.05) is 0 Å². The first-order valence-corrected chi connectivity index (χ1v) is 7.92. The number of hydrogen-bond acceptors (Lipinski definition) is 7. The molecule has 23 heavy (non-hydrogen) atoms. The highest BCUT2D eigenvalue weighted by Crippen LogP contribution is 2.26. The van der Waals surface area contributed by atoms with Crippen LogP contribution in [0.2, 0.25) is 0 Å². The highest BCUT2D eigenvalue weighted by atomic mass is 16.5. The third-order valence-electron chi connectivity index (χ3n) is 4.54. The number of ether oxygens (including phenoxy) is 1. The number of rotatable bonds is 4. The molecule has 0 unspecified atom stereocenters. The third-order valence-corrected chi connectivity index (χ3v) is 4.54. The normalized spacial score (nSPS) is 21.6. The molecule has 2 aromatic heterocycles. The topological polar surface area (TPSA) is 94.1 Å². The molecule has 3 N–H and O–H groups in total. The van der Waals surface area contributed by atoms with Gasteiger partial charge in [0.2, 0.25) is 5.95 Å². The molecule has 0 saturated carbocycles.